The predicted octanol–water partition coefficient (Wildman–Crippen LogP) is 3.27. The summed E-state index contributed by atoms with van der Waals surface area (Å²) in [7, 11) is 1.73. The highest BCUT2D eigenvalue weighted by atomic mass is 16.2. The van der Waals surface area contributed by atoms with Crippen molar-refractivity contribution >= 4 is 16.8 Å². The molecule has 5 heteroatoms. The summed E-state index contributed by atoms with van der Waals surface area (Å²) < 4.78 is 1.55. The SMILES string of the molecule is Cc1cn(C)c(=O)c2c(C(=O)N3CCC(Cc4ccccc4)CC3)c[nH]c12. The average molecular weight is 363 g/mol. The lowest BCUT2D eigenvalue weighted by Gasteiger charge is -2.32. The number of amides is 1. The van der Waals surface area contributed by atoms with Crippen LogP contribution in [0.3, 0.4) is 0 Å². The highest BCUT2D eigenvalue weighted by molar-refractivity contribution is 6.07. The topological polar surface area (TPSA) is 58.1 Å². The maximum Gasteiger partial charge on any atom is 0.260 e. The van der Waals surface area contributed by atoms with Gasteiger partial charge in [-0.15, -0.1) is 0 Å². The molecule has 1 amide bonds. The molecule has 1 aliphatic heterocycles. The van der Waals surface area contributed by atoms with Crippen LogP contribution in [0.5, 0.6) is 0 Å². The van der Waals surface area contributed by atoms with Crippen LogP contribution in [0, 0.1) is 12.8 Å². The Morgan fingerprint density at radius 3 is 2.59 bits per heavy atom. The van der Waals surface area contributed by atoms with Crippen molar-refractivity contribution in [1.29, 1.82) is 0 Å². The van der Waals surface area contributed by atoms with E-state index in [9.17, 15) is 9.59 Å². The van der Waals surface area contributed by atoms with E-state index in [0.717, 1.165) is 43.4 Å². The molecule has 3 aromatic rings. The van der Waals surface area contributed by atoms with Crippen LogP contribution in [0.15, 0.2) is 47.5 Å². The molecule has 0 unspecified atom stereocenters. The number of nitrogens with zero attached hydrogens (tertiary/aromatic N) is 2. The van der Waals surface area contributed by atoms with Crippen LogP contribution in [0.4, 0.5) is 0 Å². The van der Waals surface area contributed by atoms with Crippen LogP contribution in [0.2, 0.25) is 0 Å². The zero-order valence-electron chi connectivity index (χ0n) is 15.9. The Balaban J connectivity index is 1.50. The number of H-pyrrole nitrogens is 1. The maximum absolute atomic E-state index is 13.1. The Labute approximate surface area is 158 Å². The standard InChI is InChI=1S/C22H25N3O2/c1-15-14-24(2)22(27)19-18(13-23-20(15)19)21(26)25-10-8-17(9-11-25)12-16-6-4-3-5-7-16/h3-7,13-14,17,23H,8-12H2,1-2H3. The molecule has 1 saturated heterocycles. The van der Waals surface area contributed by atoms with Gasteiger partial charge >= 0.3 is 0 Å². The molecule has 0 spiro atoms. The van der Waals surface area contributed by atoms with Crippen LogP contribution in [0.25, 0.3) is 10.9 Å². The number of hydrogen-bond acceptors (Lipinski definition) is 2. The summed E-state index contributed by atoms with van der Waals surface area (Å²) in [5, 5.41) is 0.508. The van der Waals surface area contributed by atoms with Crippen molar-refractivity contribution in [3.8, 4) is 0 Å². The Morgan fingerprint density at radius 2 is 1.89 bits per heavy atom. The summed E-state index contributed by atoms with van der Waals surface area (Å²) in [6.07, 6.45) is 6.55. The first-order valence-electron chi connectivity index (χ1n) is 9.55. The number of pyridine rings is 1. The minimum absolute atomic E-state index is 0.0397. The van der Waals surface area contributed by atoms with Crippen molar-refractivity contribution in [2.24, 2.45) is 13.0 Å². The second-order valence-corrected chi connectivity index (χ2v) is 7.61. The highest BCUT2D eigenvalue weighted by Gasteiger charge is 2.26. The fourth-order valence-electron chi connectivity index (χ4n) is 4.17. The fourth-order valence-corrected chi connectivity index (χ4v) is 4.17. The molecular weight excluding hydrogens is 338 g/mol. The second-order valence-electron chi connectivity index (χ2n) is 7.61. The van der Waals surface area contributed by atoms with E-state index >= 15 is 0 Å². The number of rotatable bonds is 3. The monoisotopic (exact) mass is 363 g/mol. The smallest absolute Gasteiger partial charge is 0.260 e. The number of piperidine rings is 1. The van der Waals surface area contributed by atoms with E-state index in [1.165, 1.54) is 5.56 Å². The van der Waals surface area contributed by atoms with Crippen LogP contribution < -0.4 is 5.56 Å². The number of nitrogens with one attached hydrogen (secondary N) is 1. The second kappa shape index (κ2) is 7.06. The van der Waals surface area contributed by atoms with Crippen molar-refractivity contribution in [3.63, 3.8) is 0 Å². The largest absolute Gasteiger partial charge is 0.360 e. The Hall–Kier alpha value is -2.82. The van der Waals surface area contributed by atoms with E-state index in [-0.39, 0.29) is 11.5 Å². The molecule has 140 valence electrons. The maximum atomic E-state index is 13.1. The Morgan fingerprint density at radius 1 is 1.19 bits per heavy atom. The number of aryl methyl sites for hydroxylation is 2. The van der Waals surface area contributed by atoms with E-state index in [1.807, 2.05) is 17.9 Å². The van der Waals surface area contributed by atoms with Gasteiger partial charge in [0.1, 0.15) is 0 Å². The normalized spacial score (nSPS) is 15.4. The van der Waals surface area contributed by atoms with Crippen LogP contribution in [-0.2, 0) is 13.5 Å². The summed E-state index contributed by atoms with van der Waals surface area (Å²) in [6, 6.07) is 10.5. The summed E-state index contributed by atoms with van der Waals surface area (Å²) in [5.41, 5.74) is 3.46. The van der Waals surface area contributed by atoms with Crippen LogP contribution in [-0.4, -0.2) is 33.4 Å². The van der Waals surface area contributed by atoms with E-state index in [2.05, 4.69) is 29.2 Å². The van der Waals surface area contributed by atoms with Gasteiger partial charge in [0.25, 0.3) is 11.5 Å². The van der Waals surface area contributed by atoms with Gasteiger partial charge in [0.05, 0.1) is 16.5 Å². The van der Waals surface area contributed by atoms with Crippen molar-refractivity contribution in [3.05, 3.63) is 69.8 Å². The van der Waals surface area contributed by atoms with E-state index < -0.39 is 0 Å². The number of aromatic amines is 1. The van der Waals surface area contributed by atoms with Gasteiger partial charge in [-0.25, -0.2) is 0 Å². The molecule has 27 heavy (non-hydrogen) atoms. The third-order valence-electron chi connectivity index (χ3n) is 5.70. The molecule has 3 heterocycles. The van der Waals surface area contributed by atoms with Crippen LogP contribution in [0.1, 0.15) is 34.3 Å². The molecule has 0 radical (unpaired) electrons. The molecule has 2 aromatic heterocycles. The number of fused-ring (bicyclic) bond motifs is 1. The first-order chi connectivity index (χ1) is 13.0. The number of aromatic nitrogens is 2. The molecule has 0 atom stereocenters. The Bertz CT molecular complexity index is 1020. The van der Waals surface area contributed by atoms with Gasteiger partial charge in [-0.2, -0.15) is 0 Å². The highest BCUT2D eigenvalue weighted by Crippen LogP contribution is 2.25. The molecular formula is C22H25N3O2. The zero-order chi connectivity index (χ0) is 19.0. The fraction of sp³-hybridized carbons (Fsp3) is 0.364. The lowest BCUT2D eigenvalue weighted by Crippen LogP contribution is -2.39. The Kier molecular flexibility index (Phi) is 4.60. The van der Waals surface area contributed by atoms with Gasteiger partial charge in [-0.1, -0.05) is 30.3 Å². The first-order valence-corrected chi connectivity index (χ1v) is 9.55. The number of likely N-dealkylation sites (tertiary alicyclic amines) is 1. The summed E-state index contributed by atoms with van der Waals surface area (Å²) in [5.74, 6) is 0.566. The van der Waals surface area contributed by atoms with Crippen molar-refractivity contribution in [1.82, 2.24) is 14.5 Å². The molecule has 1 aliphatic rings. The molecule has 1 N–H and O–H groups in total. The number of carbonyl (C=O) groups is 1. The van der Waals surface area contributed by atoms with E-state index in [1.54, 1.807) is 24.0 Å². The minimum Gasteiger partial charge on any atom is -0.360 e. The summed E-state index contributed by atoms with van der Waals surface area (Å²) >= 11 is 0. The lowest BCUT2D eigenvalue weighted by molar-refractivity contribution is 0.0692. The van der Waals surface area contributed by atoms with Gasteiger partial charge in [0, 0.05) is 32.5 Å². The van der Waals surface area contributed by atoms with Gasteiger partial charge in [-0.3, -0.25) is 9.59 Å². The van der Waals surface area contributed by atoms with Gasteiger partial charge < -0.3 is 14.5 Å². The van der Waals surface area contributed by atoms with Crippen molar-refractivity contribution in [2.45, 2.75) is 26.2 Å². The third-order valence-corrected chi connectivity index (χ3v) is 5.70. The summed E-state index contributed by atoms with van der Waals surface area (Å²) in [4.78, 5) is 30.7. The van der Waals surface area contributed by atoms with Gasteiger partial charge in [-0.05, 0) is 43.2 Å². The third kappa shape index (κ3) is 3.29. The van der Waals surface area contributed by atoms with Gasteiger partial charge in [0.2, 0.25) is 0 Å². The molecule has 4 rings (SSSR count). The summed E-state index contributed by atoms with van der Waals surface area (Å²) in [6.45, 7) is 3.44. The molecule has 0 saturated carbocycles. The lowest BCUT2D eigenvalue weighted by atomic mass is 9.90. The van der Waals surface area contributed by atoms with Crippen molar-refractivity contribution < 1.29 is 4.79 Å². The average Bonchev–Trinajstić information content (AvgIpc) is 3.13. The number of benzene rings is 1. The number of hydrogen-bond donors (Lipinski definition) is 1. The molecule has 5 nitrogen and oxygen atoms in total. The molecule has 0 bridgehead atoms. The quantitative estimate of drug-likeness (QED) is 0.776. The zero-order valence-corrected chi connectivity index (χ0v) is 15.9. The van der Waals surface area contributed by atoms with E-state index in [0.29, 0.717) is 16.9 Å². The van der Waals surface area contributed by atoms with E-state index in [4.69, 9.17) is 0 Å². The first kappa shape index (κ1) is 17.6. The molecule has 1 aromatic carbocycles. The molecule has 0 aliphatic carbocycles. The predicted molar refractivity (Wildman–Crippen MR) is 107 cm³/mol. The molecule has 1 fully saturated rings. The van der Waals surface area contributed by atoms with Crippen LogP contribution >= 0.6 is 0 Å². The van der Waals surface area contributed by atoms with Gasteiger partial charge in [0.15, 0.2) is 0 Å². The number of carbonyl (C=O) groups excluding carboxylic acids is 1. The minimum atomic E-state index is -0.126. The van der Waals surface area contributed by atoms with Crippen molar-refractivity contribution in [2.75, 3.05) is 13.1 Å².